The van der Waals surface area contributed by atoms with E-state index in [1.54, 1.807) is 6.92 Å². The summed E-state index contributed by atoms with van der Waals surface area (Å²) >= 11 is 1.34. The molecule has 5 nitrogen and oxygen atoms in total. The molecule has 2 heterocycles. The van der Waals surface area contributed by atoms with E-state index in [0.717, 1.165) is 33.2 Å². The number of amides is 1. The summed E-state index contributed by atoms with van der Waals surface area (Å²) in [5.74, 6) is -0.667. The highest BCUT2D eigenvalue weighted by molar-refractivity contribution is 7.15. The molecule has 0 aliphatic heterocycles. The molecule has 33 heavy (non-hydrogen) atoms. The van der Waals surface area contributed by atoms with Crippen LogP contribution in [0.4, 0.5) is 5.00 Å². The number of nitrogens with zero attached hydrogens (tertiary/aromatic N) is 1. The number of hydrogen-bond donors (Lipinski definition) is 1. The normalized spacial score (nSPS) is 11.1. The summed E-state index contributed by atoms with van der Waals surface area (Å²) in [6.07, 6.45) is 0. The Labute approximate surface area is 198 Å². The predicted molar refractivity (Wildman–Crippen MR) is 135 cm³/mol. The molecule has 0 bridgehead atoms. The third-order valence-corrected chi connectivity index (χ3v) is 6.97. The van der Waals surface area contributed by atoms with Crippen LogP contribution in [0.15, 0.2) is 47.8 Å². The molecule has 0 saturated heterocycles. The van der Waals surface area contributed by atoms with Crippen molar-refractivity contribution < 1.29 is 14.3 Å². The number of carbonyl (C=O) groups excluding carboxylic acids is 2. The molecule has 0 saturated carbocycles. The Morgan fingerprint density at radius 1 is 1.03 bits per heavy atom. The molecule has 2 aromatic carbocycles. The Hall–Kier alpha value is -3.38. The van der Waals surface area contributed by atoms with Gasteiger partial charge >= 0.3 is 5.97 Å². The molecule has 0 atom stereocenters. The van der Waals surface area contributed by atoms with Crippen molar-refractivity contribution in [1.82, 2.24) is 4.57 Å². The van der Waals surface area contributed by atoms with E-state index in [2.05, 4.69) is 18.3 Å². The minimum Gasteiger partial charge on any atom is -0.462 e. The van der Waals surface area contributed by atoms with Crippen LogP contribution in [0.1, 0.15) is 51.4 Å². The highest BCUT2D eigenvalue weighted by Crippen LogP contribution is 2.37. The number of anilines is 1. The minimum atomic E-state index is -0.435. The zero-order chi connectivity index (χ0) is 23.7. The van der Waals surface area contributed by atoms with Gasteiger partial charge in [-0.05, 0) is 62.9 Å². The lowest BCUT2D eigenvalue weighted by Gasteiger charge is -2.12. The van der Waals surface area contributed by atoms with Crippen LogP contribution in [0.2, 0.25) is 0 Å². The molecule has 0 radical (unpaired) electrons. The molecule has 0 aliphatic carbocycles. The fourth-order valence-corrected chi connectivity index (χ4v) is 5.19. The zero-order valence-electron chi connectivity index (χ0n) is 19.6. The van der Waals surface area contributed by atoms with Gasteiger partial charge in [0.15, 0.2) is 0 Å². The fourth-order valence-electron chi connectivity index (χ4n) is 4.24. The summed E-state index contributed by atoms with van der Waals surface area (Å²) in [6, 6.07) is 14.1. The lowest BCUT2D eigenvalue weighted by atomic mass is 9.99. The van der Waals surface area contributed by atoms with Crippen molar-refractivity contribution in [2.24, 2.45) is 0 Å². The number of ether oxygens (including phenoxy) is 1. The van der Waals surface area contributed by atoms with Gasteiger partial charge in [-0.15, -0.1) is 11.3 Å². The lowest BCUT2D eigenvalue weighted by Crippen LogP contribution is -2.19. The second-order valence-electron chi connectivity index (χ2n) is 8.06. The van der Waals surface area contributed by atoms with Gasteiger partial charge in [-0.3, -0.25) is 4.79 Å². The summed E-state index contributed by atoms with van der Waals surface area (Å²) in [5.41, 5.74) is 6.97. The van der Waals surface area contributed by atoms with E-state index in [1.807, 2.05) is 67.1 Å². The Bertz CT molecular complexity index is 1360. The van der Waals surface area contributed by atoms with Crippen molar-refractivity contribution >= 4 is 39.1 Å². The van der Waals surface area contributed by atoms with Crippen molar-refractivity contribution in [2.75, 3.05) is 11.9 Å². The largest absolute Gasteiger partial charge is 0.462 e. The maximum atomic E-state index is 13.5. The van der Waals surface area contributed by atoms with Crippen LogP contribution < -0.4 is 5.32 Å². The summed E-state index contributed by atoms with van der Waals surface area (Å²) in [4.78, 5) is 26.4. The molecule has 1 amide bonds. The number of fused-ring (bicyclic) bond motifs is 1. The number of nitrogens with one attached hydrogen (secondary N) is 1. The quantitative estimate of drug-likeness (QED) is 0.324. The van der Waals surface area contributed by atoms with Gasteiger partial charge in [0.1, 0.15) is 16.3 Å². The molecule has 4 aromatic rings. The number of esters is 1. The van der Waals surface area contributed by atoms with E-state index < -0.39 is 5.97 Å². The van der Waals surface area contributed by atoms with E-state index in [-0.39, 0.29) is 12.5 Å². The van der Waals surface area contributed by atoms with Gasteiger partial charge in [-0.2, -0.15) is 0 Å². The van der Waals surface area contributed by atoms with E-state index in [9.17, 15) is 9.59 Å². The molecule has 6 heteroatoms. The average Bonchev–Trinajstić information content (AvgIpc) is 3.34. The number of carbonyl (C=O) groups is 2. The molecule has 1 N–H and O–H groups in total. The lowest BCUT2D eigenvalue weighted by molar-refractivity contribution is 0.0529. The first-order chi connectivity index (χ1) is 15.9. The Kier molecular flexibility index (Phi) is 6.38. The average molecular weight is 461 g/mol. The first kappa shape index (κ1) is 22.8. The summed E-state index contributed by atoms with van der Waals surface area (Å²) < 4.78 is 7.37. The smallest absolute Gasteiger partial charge is 0.341 e. The van der Waals surface area contributed by atoms with Crippen molar-refractivity contribution in [3.8, 4) is 11.1 Å². The van der Waals surface area contributed by atoms with Gasteiger partial charge in [0.25, 0.3) is 5.91 Å². The fraction of sp³-hybridized carbons (Fsp3) is 0.259. The van der Waals surface area contributed by atoms with Crippen LogP contribution >= 0.6 is 11.3 Å². The van der Waals surface area contributed by atoms with Crippen LogP contribution in [0.5, 0.6) is 0 Å². The van der Waals surface area contributed by atoms with Crippen LogP contribution in [0, 0.1) is 20.8 Å². The van der Waals surface area contributed by atoms with E-state index in [1.165, 1.54) is 16.9 Å². The summed E-state index contributed by atoms with van der Waals surface area (Å²) in [5, 5.41) is 6.48. The summed E-state index contributed by atoms with van der Waals surface area (Å²) in [6.45, 7) is 10.8. The van der Waals surface area contributed by atoms with Crippen LogP contribution in [0.3, 0.4) is 0 Å². The number of para-hydroxylation sites is 1. The second kappa shape index (κ2) is 9.24. The highest BCUT2D eigenvalue weighted by Gasteiger charge is 2.26. The topological polar surface area (TPSA) is 60.3 Å². The number of hydrogen-bond acceptors (Lipinski definition) is 4. The van der Waals surface area contributed by atoms with Crippen molar-refractivity contribution in [2.45, 2.75) is 41.2 Å². The zero-order valence-corrected chi connectivity index (χ0v) is 20.4. The van der Waals surface area contributed by atoms with Gasteiger partial charge in [0.2, 0.25) is 0 Å². The van der Waals surface area contributed by atoms with Crippen molar-refractivity contribution in [1.29, 1.82) is 0 Å². The van der Waals surface area contributed by atoms with Gasteiger partial charge in [0.05, 0.1) is 6.61 Å². The Morgan fingerprint density at radius 2 is 1.79 bits per heavy atom. The molecule has 4 rings (SSSR count). The van der Waals surface area contributed by atoms with Gasteiger partial charge < -0.3 is 14.6 Å². The molecule has 0 fully saturated rings. The predicted octanol–water partition coefficient (Wildman–Crippen LogP) is 6.74. The van der Waals surface area contributed by atoms with E-state index in [0.29, 0.717) is 22.8 Å². The number of thiophene rings is 1. The third-order valence-electron chi connectivity index (χ3n) is 6.07. The third kappa shape index (κ3) is 4.07. The maximum Gasteiger partial charge on any atom is 0.341 e. The molecule has 2 aromatic heterocycles. The van der Waals surface area contributed by atoms with Crippen LogP contribution in [-0.2, 0) is 11.3 Å². The van der Waals surface area contributed by atoms with E-state index in [4.69, 9.17) is 4.74 Å². The SMILES string of the molecule is CCOC(=O)c1c(-c2ccc(C)c(C)c2)csc1NC(=O)c1c(C)c2ccccc2n1CC. The minimum absolute atomic E-state index is 0.232. The number of aromatic nitrogens is 1. The number of rotatable bonds is 6. The van der Waals surface area contributed by atoms with Crippen LogP contribution in [-0.4, -0.2) is 23.1 Å². The standard InChI is InChI=1S/C27H28N2O3S/c1-6-29-22-11-9-8-10-20(22)18(5)24(29)25(30)28-26-23(27(31)32-7-2)21(15-33-26)19-13-12-16(3)17(4)14-19/h8-15H,6-7H2,1-5H3,(H,28,30). The molecular formula is C27H28N2O3S. The van der Waals surface area contributed by atoms with Gasteiger partial charge in [-0.25, -0.2) is 4.79 Å². The number of benzene rings is 2. The first-order valence-corrected chi connectivity index (χ1v) is 12.0. The van der Waals surface area contributed by atoms with E-state index >= 15 is 0 Å². The monoisotopic (exact) mass is 460 g/mol. The maximum absolute atomic E-state index is 13.5. The molecule has 0 unspecified atom stereocenters. The Morgan fingerprint density at radius 3 is 2.48 bits per heavy atom. The second-order valence-corrected chi connectivity index (χ2v) is 8.94. The molecule has 170 valence electrons. The van der Waals surface area contributed by atoms with Gasteiger partial charge in [0, 0.05) is 28.4 Å². The van der Waals surface area contributed by atoms with Crippen LogP contribution in [0.25, 0.3) is 22.0 Å². The van der Waals surface area contributed by atoms with Crippen molar-refractivity contribution in [3.63, 3.8) is 0 Å². The van der Waals surface area contributed by atoms with Crippen molar-refractivity contribution in [3.05, 3.63) is 75.8 Å². The molecule has 0 aliphatic rings. The summed E-state index contributed by atoms with van der Waals surface area (Å²) in [7, 11) is 0. The molecular weight excluding hydrogens is 432 g/mol. The Balaban J connectivity index is 1.79. The molecule has 0 spiro atoms. The number of aryl methyl sites for hydroxylation is 4. The van der Waals surface area contributed by atoms with Gasteiger partial charge in [-0.1, -0.05) is 36.4 Å². The highest BCUT2D eigenvalue weighted by atomic mass is 32.1. The first-order valence-electron chi connectivity index (χ1n) is 11.1.